The molecule has 3 rings (SSSR count). The number of nitrogens with two attached hydrogens (primary N) is 1. The minimum absolute atomic E-state index is 0.109. The molecule has 0 aliphatic carbocycles. The van der Waals surface area contributed by atoms with E-state index < -0.39 is 23.3 Å². The molecule has 3 aromatic rings. The first kappa shape index (κ1) is 21.2. The molecule has 0 saturated carbocycles. The number of benzene rings is 2. The molecule has 0 radical (unpaired) electrons. The molecule has 0 bridgehead atoms. The van der Waals surface area contributed by atoms with Crippen LogP contribution in [0.2, 0.25) is 5.02 Å². The summed E-state index contributed by atoms with van der Waals surface area (Å²) in [4.78, 5) is 40.9. The summed E-state index contributed by atoms with van der Waals surface area (Å²) in [6.45, 7) is 1.70. The highest BCUT2D eigenvalue weighted by Crippen LogP contribution is 2.20. The fraction of sp³-hybridized carbons (Fsp3) is 0.190. The Morgan fingerprint density at radius 2 is 1.80 bits per heavy atom. The molecule has 9 heteroatoms. The van der Waals surface area contributed by atoms with Gasteiger partial charge in [0.1, 0.15) is 11.6 Å². The highest BCUT2D eigenvalue weighted by molar-refractivity contribution is 6.30. The summed E-state index contributed by atoms with van der Waals surface area (Å²) < 4.78 is 6.84. The maximum atomic E-state index is 12.9. The standard InChI is InChI=1S/C21H21ClN4O4/c1-13(30-16-10-8-15(22)9-11-16)20(28)25(2)17-18(23)26(21(29)24-19(17)27)12-14-6-4-3-5-7-14/h3-11,13H,12,23H2,1-2H3,(H,24,27,29). The van der Waals surface area contributed by atoms with Crippen molar-refractivity contribution in [1.29, 1.82) is 0 Å². The number of halogens is 1. The molecule has 1 aromatic heterocycles. The van der Waals surface area contributed by atoms with Crippen molar-refractivity contribution < 1.29 is 9.53 Å². The van der Waals surface area contributed by atoms with Crippen molar-refractivity contribution in [3.05, 3.63) is 86.0 Å². The van der Waals surface area contributed by atoms with Gasteiger partial charge in [-0.15, -0.1) is 0 Å². The van der Waals surface area contributed by atoms with Gasteiger partial charge in [0.2, 0.25) is 0 Å². The van der Waals surface area contributed by atoms with E-state index in [0.29, 0.717) is 10.8 Å². The third kappa shape index (κ3) is 4.55. The van der Waals surface area contributed by atoms with Crippen LogP contribution in [-0.2, 0) is 11.3 Å². The molecular formula is C21H21ClN4O4. The quantitative estimate of drug-likeness (QED) is 0.625. The van der Waals surface area contributed by atoms with Gasteiger partial charge in [-0.25, -0.2) is 4.79 Å². The van der Waals surface area contributed by atoms with Crippen LogP contribution in [-0.4, -0.2) is 28.6 Å². The number of nitrogen functional groups attached to an aromatic ring is 1. The number of carbonyl (C=O) groups excluding carboxylic acids is 1. The summed E-state index contributed by atoms with van der Waals surface area (Å²) in [6.07, 6.45) is -0.913. The van der Waals surface area contributed by atoms with E-state index in [1.54, 1.807) is 31.2 Å². The summed E-state index contributed by atoms with van der Waals surface area (Å²) in [7, 11) is 1.41. The molecule has 1 amide bonds. The second-order valence-electron chi connectivity index (χ2n) is 6.68. The third-order valence-electron chi connectivity index (χ3n) is 4.54. The fourth-order valence-electron chi connectivity index (χ4n) is 2.98. The van der Waals surface area contributed by atoms with Gasteiger partial charge in [0.25, 0.3) is 11.5 Å². The van der Waals surface area contributed by atoms with E-state index in [1.165, 1.54) is 11.6 Å². The van der Waals surface area contributed by atoms with Gasteiger partial charge in [0, 0.05) is 12.1 Å². The van der Waals surface area contributed by atoms with Crippen molar-refractivity contribution in [3.63, 3.8) is 0 Å². The number of H-pyrrole nitrogens is 1. The average molecular weight is 429 g/mol. The van der Waals surface area contributed by atoms with Crippen LogP contribution in [0.15, 0.2) is 64.2 Å². The molecule has 1 heterocycles. The zero-order valence-electron chi connectivity index (χ0n) is 16.5. The van der Waals surface area contributed by atoms with E-state index in [4.69, 9.17) is 22.1 Å². The van der Waals surface area contributed by atoms with E-state index in [9.17, 15) is 14.4 Å². The van der Waals surface area contributed by atoms with Crippen LogP contribution in [0.5, 0.6) is 5.75 Å². The maximum Gasteiger partial charge on any atom is 0.330 e. The minimum Gasteiger partial charge on any atom is -0.481 e. The predicted molar refractivity (Wildman–Crippen MR) is 116 cm³/mol. The van der Waals surface area contributed by atoms with Gasteiger partial charge in [-0.05, 0) is 36.8 Å². The molecule has 8 nitrogen and oxygen atoms in total. The van der Waals surface area contributed by atoms with Gasteiger partial charge >= 0.3 is 5.69 Å². The highest BCUT2D eigenvalue weighted by Gasteiger charge is 2.26. The first-order valence-electron chi connectivity index (χ1n) is 9.14. The zero-order valence-corrected chi connectivity index (χ0v) is 17.2. The third-order valence-corrected chi connectivity index (χ3v) is 4.79. The number of aromatic amines is 1. The molecule has 0 fully saturated rings. The summed E-state index contributed by atoms with van der Waals surface area (Å²) in [5.41, 5.74) is 5.42. The van der Waals surface area contributed by atoms with E-state index in [0.717, 1.165) is 10.5 Å². The minimum atomic E-state index is -0.913. The van der Waals surface area contributed by atoms with Crippen molar-refractivity contribution in [1.82, 2.24) is 9.55 Å². The van der Waals surface area contributed by atoms with E-state index in [2.05, 4.69) is 4.98 Å². The fourth-order valence-corrected chi connectivity index (χ4v) is 3.10. The highest BCUT2D eigenvalue weighted by atomic mass is 35.5. The van der Waals surface area contributed by atoms with Crippen LogP contribution in [0.1, 0.15) is 12.5 Å². The molecule has 0 saturated heterocycles. The zero-order chi connectivity index (χ0) is 21.8. The summed E-state index contributed by atoms with van der Waals surface area (Å²) in [6, 6.07) is 15.7. The monoisotopic (exact) mass is 428 g/mol. The Balaban J connectivity index is 1.89. The number of rotatable bonds is 6. The number of carbonyl (C=O) groups is 1. The van der Waals surface area contributed by atoms with Crippen LogP contribution in [0.4, 0.5) is 11.5 Å². The summed E-state index contributed by atoms with van der Waals surface area (Å²) >= 11 is 5.85. The number of amides is 1. The van der Waals surface area contributed by atoms with E-state index in [1.807, 2.05) is 30.3 Å². The number of hydrogen-bond acceptors (Lipinski definition) is 5. The van der Waals surface area contributed by atoms with Gasteiger partial charge in [-0.1, -0.05) is 41.9 Å². The van der Waals surface area contributed by atoms with Crippen LogP contribution < -0.4 is 26.6 Å². The lowest BCUT2D eigenvalue weighted by Gasteiger charge is -2.23. The molecule has 0 aliphatic heterocycles. The summed E-state index contributed by atoms with van der Waals surface area (Å²) in [5, 5.41) is 0.540. The Morgan fingerprint density at radius 1 is 1.17 bits per heavy atom. The SMILES string of the molecule is CC(Oc1ccc(Cl)cc1)C(=O)N(C)c1c(N)n(Cc2ccccc2)c(=O)[nH]c1=O. The van der Waals surface area contributed by atoms with Crippen LogP contribution in [0.3, 0.4) is 0 Å². The molecule has 30 heavy (non-hydrogen) atoms. The Morgan fingerprint density at radius 3 is 2.43 bits per heavy atom. The molecule has 156 valence electrons. The predicted octanol–water partition coefficient (Wildman–Crippen LogP) is 2.25. The topological polar surface area (TPSA) is 110 Å². The lowest BCUT2D eigenvalue weighted by atomic mass is 10.2. The van der Waals surface area contributed by atoms with Crippen LogP contribution >= 0.6 is 11.6 Å². The van der Waals surface area contributed by atoms with Gasteiger partial charge in [0.15, 0.2) is 11.8 Å². The Labute approximate surface area is 177 Å². The molecule has 1 atom stereocenters. The smallest absolute Gasteiger partial charge is 0.330 e. The van der Waals surface area contributed by atoms with Crippen molar-refractivity contribution in [3.8, 4) is 5.75 Å². The molecular weight excluding hydrogens is 408 g/mol. The molecule has 0 aliphatic rings. The van der Waals surface area contributed by atoms with Gasteiger partial charge < -0.3 is 15.4 Å². The lowest BCUT2D eigenvalue weighted by molar-refractivity contribution is -0.124. The first-order valence-corrected chi connectivity index (χ1v) is 9.52. The van der Waals surface area contributed by atoms with Crippen molar-refractivity contribution >= 4 is 29.0 Å². The molecule has 0 spiro atoms. The normalized spacial score (nSPS) is 11.7. The lowest BCUT2D eigenvalue weighted by Crippen LogP contribution is -2.43. The number of nitrogens with one attached hydrogen (secondary N) is 1. The molecule has 2 aromatic carbocycles. The Kier molecular flexibility index (Phi) is 6.27. The number of nitrogens with zero attached hydrogens (tertiary/aromatic N) is 2. The van der Waals surface area contributed by atoms with E-state index in [-0.39, 0.29) is 18.1 Å². The van der Waals surface area contributed by atoms with Crippen molar-refractivity contribution in [2.75, 3.05) is 17.7 Å². The number of aromatic nitrogens is 2. The Bertz CT molecular complexity index is 1160. The first-order chi connectivity index (χ1) is 14.3. The van der Waals surface area contributed by atoms with Gasteiger partial charge in [-0.2, -0.15) is 0 Å². The maximum absolute atomic E-state index is 12.9. The second-order valence-corrected chi connectivity index (χ2v) is 7.11. The Hall–Kier alpha value is -3.52. The van der Waals surface area contributed by atoms with Crippen molar-refractivity contribution in [2.45, 2.75) is 19.6 Å². The van der Waals surface area contributed by atoms with E-state index >= 15 is 0 Å². The average Bonchev–Trinajstić information content (AvgIpc) is 2.72. The van der Waals surface area contributed by atoms with Gasteiger partial charge in [0.05, 0.1) is 6.54 Å². The van der Waals surface area contributed by atoms with Crippen LogP contribution in [0.25, 0.3) is 0 Å². The van der Waals surface area contributed by atoms with Crippen LogP contribution in [0, 0.1) is 0 Å². The number of ether oxygens (including phenoxy) is 1. The van der Waals surface area contributed by atoms with Crippen molar-refractivity contribution in [2.24, 2.45) is 0 Å². The second kappa shape index (κ2) is 8.87. The molecule has 1 unspecified atom stereocenters. The summed E-state index contributed by atoms with van der Waals surface area (Å²) in [5.74, 6) is -0.168. The number of hydrogen-bond donors (Lipinski definition) is 2. The van der Waals surface area contributed by atoms with Gasteiger partial charge in [-0.3, -0.25) is 19.1 Å². The number of anilines is 2. The number of likely N-dealkylation sites (N-methyl/N-ethyl adjacent to an activating group) is 1. The largest absolute Gasteiger partial charge is 0.481 e. The molecule has 3 N–H and O–H groups in total.